The fraction of sp³-hybridized carbons (Fsp3) is 0.812. The summed E-state index contributed by atoms with van der Waals surface area (Å²) in [5, 5.41) is 0. The highest BCUT2D eigenvalue weighted by Gasteiger charge is 2.71. The zero-order valence-electron chi connectivity index (χ0n) is 12.8. The van der Waals surface area contributed by atoms with Crippen molar-refractivity contribution in [2.45, 2.75) is 63.4 Å². The summed E-state index contributed by atoms with van der Waals surface area (Å²) < 4.78 is 17.2. The highest BCUT2D eigenvalue weighted by atomic mass is 16.6. The minimum atomic E-state index is -0.382. The molecule has 0 bridgehead atoms. The van der Waals surface area contributed by atoms with Crippen molar-refractivity contribution in [1.82, 2.24) is 0 Å². The molecule has 0 unspecified atom stereocenters. The Bertz CT molecular complexity index is 447. The molecule has 1 aliphatic carbocycles. The predicted molar refractivity (Wildman–Crippen MR) is 74.5 cm³/mol. The summed E-state index contributed by atoms with van der Waals surface area (Å²) in [4.78, 5) is 12.2. The molecule has 0 aromatic carbocycles. The molecule has 4 nitrogen and oxygen atoms in total. The second-order valence-corrected chi connectivity index (χ2v) is 6.76. The van der Waals surface area contributed by atoms with Crippen molar-refractivity contribution >= 4 is 5.78 Å². The second kappa shape index (κ2) is 4.65. The van der Waals surface area contributed by atoms with E-state index >= 15 is 0 Å². The van der Waals surface area contributed by atoms with Crippen molar-refractivity contribution in [1.29, 1.82) is 0 Å². The van der Waals surface area contributed by atoms with Crippen LogP contribution in [-0.4, -0.2) is 42.9 Å². The number of epoxide rings is 2. The first kappa shape index (κ1) is 14.2. The molecule has 0 radical (unpaired) electrons. The molecule has 0 N–H and O–H groups in total. The highest BCUT2D eigenvalue weighted by molar-refractivity contribution is 5.85. The first-order valence-corrected chi connectivity index (χ1v) is 7.43. The van der Waals surface area contributed by atoms with Gasteiger partial charge in [0.25, 0.3) is 0 Å². The van der Waals surface area contributed by atoms with E-state index in [0.29, 0.717) is 6.42 Å². The SMILES string of the molecule is CO[C@@H]1C(=O)CC[C@]2(CO2)[C@H]1[C@@]1(C)O[C@@H]1CC=C(C)C. The number of hydrogen-bond acceptors (Lipinski definition) is 4. The summed E-state index contributed by atoms with van der Waals surface area (Å²) in [5.41, 5.74) is 0.825. The summed E-state index contributed by atoms with van der Waals surface area (Å²) in [6.07, 6.45) is 4.26. The van der Waals surface area contributed by atoms with Gasteiger partial charge in [-0.2, -0.15) is 0 Å². The van der Waals surface area contributed by atoms with Gasteiger partial charge in [0, 0.05) is 13.5 Å². The number of ether oxygens (including phenoxy) is 3. The average Bonchev–Trinajstić information content (AvgIpc) is 3.29. The van der Waals surface area contributed by atoms with E-state index < -0.39 is 0 Å². The first-order valence-electron chi connectivity index (χ1n) is 7.43. The van der Waals surface area contributed by atoms with Crippen LogP contribution in [-0.2, 0) is 19.0 Å². The van der Waals surface area contributed by atoms with Gasteiger partial charge in [0.1, 0.15) is 17.3 Å². The van der Waals surface area contributed by atoms with E-state index in [0.717, 1.165) is 19.4 Å². The lowest BCUT2D eigenvalue weighted by Gasteiger charge is -2.37. The van der Waals surface area contributed by atoms with Crippen LogP contribution in [0.5, 0.6) is 0 Å². The summed E-state index contributed by atoms with van der Waals surface area (Å²) >= 11 is 0. The molecule has 2 aliphatic heterocycles. The van der Waals surface area contributed by atoms with E-state index in [1.165, 1.54) is 5.57 Å². The van der Waals surface area contributed by atoms with Crippen LogP contribution >= 0.6 is 0 Å². The van der Waals surface area contributed by atoms with Crippen molar-refractivity contribution in [3.8, 4) is 0 Å². The Morgan fingerprint density at radius 2 is 2.20 bits per heavy atom. The van der Waals surface area contributed by atoms with E-state index in [1.54, 1.807) is 7.11 Å². The number of hydrogen-bond donors (Lipinski definition) is 0. The van der Waals surface area contributed by atoms with Gasteiger partial charge in [0.05, 0.1) is 18.6 Å². The molecule has 20 heavy (non-hydrogen) atoms. The third-order valence-corrected chi connectivity index (χ3v) is 5.09. The molecule has 3 aliphatic rings. The number of rotatable bonds is 4. The predicted octanol–water partition coefficient (Wildman–Crippen LogP) is 2.26. The summed E-state index contributed by atoms with van der Waals surface area (Å²) in [6, 6.07) is 0. The molecular weight excluding hydrogens is 256 g/mol. The lowest BCUT2D eigenvalue weighted by Crippen LogP contribution is -2.52. The fourth-order valence-corrected chi connectivity index (χ4v) is 3.77. The smallest absolute Gasteiger partial charge is 0.162 e. The molecule has 4 heteroatoms. The largest absolute Gasteiger partial charge is 0.373 e. The maximum Gasteiger partial charge on any atom is 0.162 e. The Labute approximate surface area is 120 Å². The monoisotopic (exact) mass is 280 g/mol. The van der Waals surface area contributed by atoms with Crippen molar-refractivity contribution in [2.75, 3.05) is 13.7 Å². The van der Waals surface area contributed by atoms with Crippen molar-refractivity contribution in [3.05, 3.63) is 11.6 Å². The average molecular weight is 280 g/mol. The third kappa shape index (κ3) is 2.14. The minimum Gasteiger partial charge on any atom is -0.373 e. The molecule has 0 aromatic rings. The maximum atomic E-state index is 12.2. The zero-order chi connectivity index (χ0) is 14.5. The summed E-state index contributed by atoms with van der Waals surface area (Å²) in [5.74, 6) is 0.216. The van der Waals surface area contributed by atoms with Gasteiger partial charge in [-0.05, 0) is 33.6 Å². The number of Topliss-reactive ketones (excluding diaryl/α,β-unsaturated/α-hetero) is 1. The van der Waals surface area contributed by atoms with E-state index in [2.05, 4.69) is 26.8 Å². The molecule has 5 atom stereocenters. The Morgan fingerprint density at radius 1 is 1.50 bits per heavy atom. The Balaban J connectivity index is 1.80. The molecule has 0 aromatic heterocycles. The Kier molecular flexibility index (Phi) is 3.31. The van der Waals surface area contributed by atoms with Crippen LogP contribution in [0.25, 0.3) is 0 Å². The summed E-state index contributed by atoms with van der Waals surface area (Å²) in [7, 11) is 1.62. The normalized spacial score (nSPS) is 46.4. The Morgan fingerprint density at radius 3 is 2.75 bits per heavy atom. The Hall–Kier alpha value is -0.710. The van der Waals surface area contributed by atoms with Crippen LogP contribution in [0.1, 0.15) is 40.0 Å². The lowest BCUT2D eigenvalue weighted by molar-refractivity contribution is -0.142. The molecule has 2 saturated heterocycles. The standard InChI is InChI=1S/C16H24O4/c1-10(2)5-6-12-15(3,20-12)14-13(18-4)11(17)7-8-16(14)9-19-16/h5,12-14H,6-9H2,1-4H3/t12-,13-,14-,15+,16+/m1/s1. The molecule has 3 fully saturated rings. The number of ketones is 1. The van der Waals surface area contributed by atoms with Gasteiger partial charge in [-0.1, -0.05) is 11.6 Å². The summed E-state index contributed by atoms with van der Waals surface area (Å²) in [6.45, 7) is 7.02. The highest BCUT2D eigenvalue weighted by Crippen LogP contribution is 2.58. The van der Waals surface area contributed by atoms with E-state index in [4.69, 9.17) is 14.2 Å². The molecule has 2 heterocycles. The lowest BCUT2D eigenvalue weighted by atomic mass is 9.69. The van der Waals surface area contributed by atoms with Gasteiger partial charge >= 0.3 is 0 Å². The molecule has 3 rings (SSSR count). The second-order valence-electron chi connectivity index (χ2n) is 6.76. The molecule has 112 valence electrons. The maximum absolute atomic E-state index is 12.2. The van der Waals surface area contributed by atoms with Crippen molar-refractivity contribution < 1.29 is 19.0 Å². The van der Waals surface area contributed by atoms with Crippen LogP contribution < -0.4 is 0 Å². The fourth-order valence-electron chi connectivity index (χ4n) is 3.77. The number of allylic oxidation sites excluding steroid dienone is 1. The molecule has 1 saturated carbocycles. The van der Waals surface area contributed by atoms with Crippen molar-refractivity contribution in [3.63, 3.8) is 0 Å². The van der Waals surface area contributed by atoms with E-state index in [-0.39, 0.29) is 35.1 Å². The van der Waals surface area contributed by atoms with Gasteiger partial charge < -0.3 is 14.2 Å². The first-order chi connectivity index (χ1) is 9.43. The van der Waals surface area contributed by atoms with Gasteiger partial charge in [-0.15, -0.1) is 0 Å². The van der Waals surface area contributed by atoms with Gasteiger partial charge in [-0.25, -0.2) is 0 Å². The van der Waals surface area contributed by atoms with Crippen LogP contribution in [0.3, 0.4) is 0 Å². The van der Waals surface area contributed by atoms with Crippen LogP contribution in [0, 0.1) is 5.92 Å². The van der Waals surface area contributed by atoms with Gasteiger partial charge in [-0.3, -0.25) is 4.79 Å². The number of carbonyl (C=O) groups excluding carboxylic acids is 1. The molecule has 1 spiro atoms. The van der Waals surface area contributed by atoms with Crippen molar-refractivity contribution in [2.24, 2.45) is 5.92 Å². The van der Waals surface area contributed by atoms with Gasteiger partial charge in [0.15, 0.2) is 5.78 Å². The van der Waals surface area contributed by atoms with Crippen LogP contribution in [0.15, 0.2) is 11.6 Å². The third-order valence-electron chi connectivity index (χ3n) is 5.09. The number of carbonyl (C=O) groups is 1. The van der Waals surface area contributed by atoms with E-state index in [1.807, 2.05) is 0 Å². The van der Waals surface area contributed by atoms with Gasteiger partial charge in [0.2, 0.25) is 0 Å². The molecule has 0 amide bonds. The minimum absolute atomic E-state index is 0.0248. The quantitative estimate of drug-likeness (QED) is 0.585. The number of methoxy groups -OCH3 is 1. The van der Waals surface area contributed by atoms with E-state index in [9.17, 15) is 4.79 Å². The molecular formula is C16H24O4. The zero-order valence-corrected chi connectivity index (χ0v) is 12.8. The van der Waals surface area contributed by atoms with Crippen LogP contribution in [0.2, 0.25) is 0 Å². The van der Waals surface area contributed by atoms with Crippen LogP contribution in [0.4, 0.5) is 0 Å². The topological polar surface area (TPSA) is 51.4 Å².